The summed E-state index contributed by atoms with van der Waals surface area (Å²) in [6, 6.07) is 5.56. The Morgan fingerprint density at radius 3 is 2.50 bits per heavy atom. The van der Waals surface area contributed by atoms with Crippen LogP contribution >= 0.6 is 0 Å². The van der Waals surface area contributed by atoms with Gasteiger partial charge in [-0.25, -0.2) is 13.2 Å². The molecular formula is C15H10F3NO3. The van der Waals surface area contributed by atoms with Crippen molar-refractivity contribution >= 4 is 5.91 Å². The molecule has 4 nitrogen and oxygen atoms in total. The van der Waals surface area contributed by atoms with Crippen molar-refractivity contribution in [2.75, 3.05) is 6.61 Å². The minimum Gasteiger partial charge on any atom is -0.485 e. The van der Waals surface area contributed by atoms with E-state index in [1.807, 2.05) is 0 Å². The molecule has 3 rings (SSSR count). The summed E-state index contributed by atoms with van der Waals surface area (Å²) in [6.07, 6.45) is -1.10. The molecule has 0 bridgehead atoms. The van der Waals surface area contributed by atoms with Gasteiger partial charge in [-0.2, -0.15) is 0 Å². The number of primary amides is 1. The van der Waals surface area contributed by atoms with Gasteiger partial charge in [-0.15, -0.1) is 0 Å². The normalized spacial score (nSPS) is 16.4. The van der Waals surface area contributed by atoms with Gasteiger partial charge in [0.25, 0.3) is 5.91 Å². The smallest absolute Gasteiger partial charge is 0.252 e. The van der Waals surface area contributed by atoms with Gasteiger partial charge in [0.1, 0.15) is 24.1 Å². The van der Waals surface area contributed by atoms with E-state index in [-0.39, 0.29) is 23.7 Å². The average Bonchev–Trinajstić information content (AvgIpc) is 2.45. The average molecular weight is 309 g/mol. The molecule has 22 heavy (non-hydrogen) atoms. The van der Waals surface area contributed by atoms with Crippen LogP contribution in [0, 0.1) is 17.5 Å². The number of hydrogen-bond acceptors (Lipinski definition) is 3. The van der Waals surface area contributed by atoms with E-state index in [0.717, 1.165) is 0 Å². The fourth-order valence-electron chi connectivity index (χ4n) is 2.30. The maximum atomic E-state index is 13.8. The van der Waals surface area contributed by atoms with Crippen molar-refractivity contribution in [3.8, 4) is 11.5 Å². The van der Waals surface area contributed by atoms with Crippen molar-refractivity contribution in [3.05, 3.63) is 58.9 Å². The number of carbonyl (C=O) groups is 1. The predicted octanol–water partition coefficient (Wildman–Crippen LogP) is 2.72. The van der Waals surface area contributed by atoms with Crippen LogP contribution in [0.5, 0.6) is 11.5 Å². The lowest BCUT2D eigenvalue weighted by molar-refractivity contribution is 0.0819. The molecule has 1 atom stereocenters. The van der Waals surface area contributed by atoms with Gasteiger partial charge in [0.05, 0.1) is 11.1 Å². The van der Waals surface area contributed by atoms with Crippen LogP contribution in [0.1, 0.15) is 22.0 Å². The molecule has 0 radical (unpaired) electrons. The zero-order valence-electron chi connectivity index (χ0n) is 11.1. The topological polar surface area (TPSA) is 61.6 Å². The molecule has 0 spiro atoms. The summed E-state index contributed by atoms with van der Waals surface area (Å²) in [4.78, 5) is 11.3. The minimum absolute atomic E-state index is 0.107. The Morgan fingerprint density at radius 2 is 1.86 bits per heavy atom. The zero-order chi connectivity index (χ0) is 15.9. The molecule has 7 heteroatoms. The fourth-order valence-corrected chi connectivity index (χ4v) is 2.30. The van der Waals surface area contributed by atoms with Crippen LogP contribution < -0.4 is 15.2 Å². The molecule has 1 aliphatic rings. The molecule has 0 aliphatic carbocycles. The van der Waals surface area contributed by atoms with Gasteiger partial charge in [0.2, 0.25) is 0 Å². The van der Waals surface area contributed by atoms with Gasteiger partial charge in [0.15, 0.2) is 17.6 Å². The number of amides is 1. The van der Waals surface area contributed by atoms with Crippen LogP contribution in [0.4, 0.5) is 13.2 Å². The number of rotatable bonds is 2. The van der Waals surface area contributed by atoms with Crippen molar-refractivity contribution in [1.29, 1.82) is 0 Å². The molecule has 0 saturated heterocycles. The lowest BCUT2D eigenvalue weighted by Crippen LogP contribution is -2.25. The Morgan fingerprint density at radius 1 is 1.18 bits per heavy atom. The van der Waals surface area contributed by atoms with E-state index < -0.39 is 35.0 Å². The number of fused-ring (bicyclic) bond motifs is 1. The molecule has 0 aromatic heterocycles. The molecule has 1 heterocycles. The summed E-state index contributed by atoms with van der Waals surface area (Å²) in [5.74, 6) is -3.61. The first-order valence-electron chi connectivity index (χ1n) is 6.34. The Bertz CT molecular complexity index is 741. The van der Waals surface area contributed by atoms with Crippen molar-refractivity contribution in [2.45, 2.75) is 6.10 Å². The largest absolute Gasteiger partial charge is 0.485 e. The molecule has 1 unspecified atom stereocenters. The second-order valence-electron chi connectivity index (χ2n) is 4.70. The molecule has 0 saturated carbocycles. The second kappa shape index (κ2) is 5.25. The highest BCUT2D eigenvalue weighted by molar-refractivity contribution is 5.96. The highest BCUT2D eigenvalue weighted by Gasteiger charge is 2.30. The van der Waals surface area contributed by atoms with Gasteiger partial charge in [-0.1, -0.05) is 6.07 Å². The number of halogens is 3. The number of benzene rings is 2. The maximum Gasteiger partial charge on any atom is 0.252 e. The molecule has 1 amide bonds. The van der Waals surface area contributed by atoms with Crippen molar-refractivity contribution in [3.63, 3.8) is 0 Å². The molecule has 114 valence electrons. The Balaban J connectivity index is 1.99. The second-order valence-corrected chi connectivity index (χ2v) is 4.70. The van der Waals surface area contributed by atoms with Crippen LogP contribution in [0.2, 0.25) is 0 Å². The summed E-state index contributed by atoms with van der Waals surface area (Å²) in [7, 11) is 0. The highest BCUT2D eigenvalue weighted by atomic mass is 19.1. The monoisotopic (exact) mass is 309 g/mol. The van der Waals surface area contributed by atoms with Crippen LogP contribution in [-0.2, 0) is 0 Å². The number of para-hydroxylation sites is 1. The highest BCUT2D eigenvalue weighted by Crippen LogP contribution is 2.39. The fraction of sp³-hybridized carbons (Fsp3) is 0.133. The molecule has 1 aliphatic heterocycles. The standard InChI is InChI=1S/C15H10F3NO3/c16-7-4-9(17)13(10(18)5-7)12-6-21-14-8(15(19)20)2-1-3-11(14)22-12/h1-5,12H,6H2,(H2,19,20). The third-order valence-corrected chi connectivity index (χ3v) is 3.26. The van der Waals surface area contributed by atoms with Gasteiger partial charge in [0, 0.05) is 12.1 Å². The van der Waals surface area contributed by atoms with Crippen molar-refractivity contribution < 1.29 is 27.4 Å². The quantitative estimate of drug-likeness (QED) is 0.928. The van der Waals surface area contributed by atoms with E-state index in [1.165, 1.54) is 18.2 Å². The summed E-state index contributed by atoms with van der Waals surface area (Å²) in [5, 5.41) is 0. The lowest BCUT2D eigenvalue weighted by atomic mass is 10.1. The number of nitrogens with two attached hydrogens (primary N) is 1. The lowest BCUT2D eigenvalue weighted by Gasteiger charge is -2.28. The number of carbonyl (C=O) groups excluding carboxylic acids is 1. The van der Waals surface area contributed by atoms with Crippen molar-refractivity contribution in [2.24, 2.45) is 5.73 Å². The molecule has 2 aromatic rings. The number of hydrogen-bond donors (Lipinski definition) is 1. The Hall–Kier alpha value is -2.70. The summed E-state index contributed by atoms with van der Waals surface area (Å²) < 4.78 is 51.4. The molecule has 2 aromatic carbocycles. The van der Waals surface area contributed by atoms with Crippen molar-refractivity contribution in [1.82, 2.24) is 0 Å². The SMILES string of the molecule is NC(=O)c1cccc2c1OCC(c1c(F)cc(F)cc1F)O2. The van der Waals surface area contributed by atoms with E-state index in [0.29, 0.717) is 12.1 Å². The third-order valence-electron chi connectivity index (χ3n) is 3.26. The van der Waals surface area contributed by atoms with Gasteiger partial charge < -0.3 is 15.2 Å². The van der Waals surface area contributed by atoms with Crippen LogP contribution in [0.15, 0.2) is 30.3 Å². The first kappa shape index (κ1) is 14.2. The minimum atomic E-state index is -1.10. The Kier molecular flexibility index (Phi) is 3.40. The van der Waals surface area contributed by atoms with E-state index in [2.05, 4.69) is 0 Å². The maximum absolute atomic E-state index is 13.8. The van der Waals surface area contributed by atoms with Gasteiger partial charge in [-0.05, 0) is 12.1 Å². The summed E-state index contributed by atoms with van der Waals surface area (Å²) >= 11 is 0. The zero-order valence-corrected chi connectivity index (χ0v) is 11.1. The van der Waals surface area contributed by atoms with E-state index in [4.69, 9.17) is 15.2 Å². The van der Waals surface area contributed by atoms with Gasteiger partial charge in [-0.3, -0.25) is 4.79 Å². The van der Waals surface area contributed by atoms with E-state index in [1.54, 1.807) is 0 Å². The summed E-state index contributed by atoms with van der Waals surface area (Å²) in [6.45, 7) is -0.239. The number of ether oxygens (including phenoxy) is 2. The first-order valence-corrected chi connectivity index (χ1v) is 6.34. The molecular weight excluding hydrogens is 299 g/mol. The third kappa shape index (κ3) is 2.34. The molecule has 0 fully saturated rings. The van der Waals surface area contributed by atoms with E-state index in [9.17, 15) is 18.0 Å². The summed E-state index contributed by atoms with van der Waals surface area (Å²) in [5.41, 5.74) is 4.89. The van der Waals surface area contributed by atoms with Crippen LogP contribution in [-0.4, -0.2) is 12.5 Å². The molecule has 2 N–H and O–H groups in total. The van der Waals surface area contributed by atoms with Crippen LogP contribution in [0.3, 0.4) is 0 Å². The Labute approximate surface area is 123 Å². The predicted molar refractivity (Wildman–Crippen MR) is 70.1 cm³/mol. The first-order chi connectivity index (χ1) is 10.5. The van der Waals surface area contributed by atoms with Gasteiger partial charge >= 0.3 is 0 Å². The van der Waals surface area contributed by atoms with Crippen LogP contribution in [0.25, 0.3) is 0 Å². The van der Waals surface area contributed by atoms with E-state index >= 15 is 0 Å².